The molecule has 1 aromatic rings. The van der Waals surface area contributed by atoms with Gasteiger partial charge in [-0.2, -0.15) is 0 Å². The van der Waals surface area contributed by atoms with Gasteiger partial charge < -0.3 is 10.6 Å². The van der Waals surface area contributed by atoms with E-state index in [0.29, 0.717) is 24.4 Å². The van der Waals surface area contributed by atoms with E-state index in [1.54, 1.807) is 6.07 Å². The van der Waals surface area contributed by atoms with Crippen molar-refractivity contribution in [3.63, 3.8) is 0 Å². The normalized spacial score (nSPS) is 20.0. The van der Waals surface area contributed by atoms with Crippen LogP contribution in [-0.2, 0) is 16.1 Å². The monoisotopic (exact) mass is 348 g/mol. The lowest BCUT2D eigenvalue weighted by molar-refractivity contribution is -0.137. The summed E-state index contributed by atoms with van der Waals surface area (Å²) in [6, 6.07) is 7.66. The molecule has 2 aliphatic rings. The fourth-order valence-electron chi connectivity index (χ4n) is 3.42. The Balaban J connectivity index is 1.55. The number of carbonyl (C=O) groups excluding carboxylic acids is 2. The maximum Gasteiger partial charge on any atom is 0.235 e. The maximum atomic E-state index is 12.6. The van der Waals surface area contributed by atoms with Crippen molar-refractivity contribution < 1.29 is 9.59 Å². The summed E-state index contributed by atoms with van der Waals surface area (Å²) in [5.41, 5.74) is 0.0144. The molecule has 130 valence electrons. The molecule has 0 spiro atoms. The number of hydrogen-bond donors (Lipinski definition) is 2. The van der Waals surface area contributed by atoms with Crippen molar-refractivity contribution in [3.8, 4) is 0 Å². The second kappa shape index (κ2) is 7.56. The predicted molar refractivity (Wildman–Crippen MR) is 94.6 cm³/mol. The van der Waals surface area contributed by atoms with Crippen molar-refractivity contribution in [2.75, 3.05) is 0 Å². The molecule has 4 nitrogen and oxygen atoms in total. The van der Waals surface area contributed by atoms with Crippen LogP contribution in [0.2, 0.25) is 5.02 Å². The molecule has 0 bridgehead atoms. The summed E-state index contributed by atoms with van der Waals surface area (Å²) in [6.07, 6.45) is 8.16. The minimum Gasteiger partial charge on any atom is -0.352 e. The van der Waals surface area contributed by atoms with Crippen LogP contribution in [0.1, 0.15) is 56.9 Å². The van der Waals surface area contributed by atoms with E-state index in [-0.39, 0.29) is 17.9 Å². The molecule has 2 fully saturated rings. The molecule has 0 saturated heterocycles. The van der Waals surface area contributed by atoms with E-state index in [4.69, 9.17) is 11.6 Å². The lowest BCUT2D eigenvalue weighted by Crippen LogP contribution is -2.46. The molecule has 0 atom stereocenters. The molecule has 5 heteroatoms. The summed E-state index contributed by atoms with van der Waals surface area (Å²) in [7, 11) is 0. The first-order chi connectivity index (χ1) is 11.6. The van der Waals surface area contributed by atoms with Gasteiger partial charge in [-0.05, 0) is 37.3 Å². The summed E-state index contributed by atoms with van der Waals surface area (Å²) in [4.78, 5) is 25.2. The lowest BCUT2D eigenvalue weighted by Gasteiger charge is -2.21. The SMILES string of the molecule is O=C(NCc1ccccc1Cl)C1(C(=O)NC2CCCCCC2)CC1. The minimum absolute atomic E-state index is 0.0916. The van der Waals surface area contributed by atoms with E-state index >= 15 is 0 Å². The van der Waals surface area contributed by atoms with Crippen LogP contribution < -0.4 is 10.6 Å². The lowest BCUT2D eigenvalue weighted by atomic mass is 10.0. The molecule has 1 aromatic carbocycles. The highest BCUT2D eigenvalue weighted by atomic mass is 35.5. The molecular formula is C19H25ClN2O2. The summed E-state index contributed by atoms with van der Waals surface area (Å²) in [6.45, 7) is 0.358. The molecular weight excluding hydrogens is 324 g/mol. The van der Waals surface area contributed by atoms with Crippen LogP contribution in [0.25, 0.3) is 0 Å². The molecule has 0 aliphatic heterocycles. The van der Waals surface area contributed by atoms with Crippen LogP contribution in [0.4, 0.5) is 0 Å². The number of carbonyl (C=O) groups is 2. The topological polar surface area (TPSA) is 58.2 Å². The Kier molecular flexibility index (Phi) is 5.44. The number of halogens is 1. The summed E-state index contributed by atoms with van der Waals surface area (Å²) in [5.74, 6) is -0.264. The molecule has 0 aromatic heterocycles. The van der Waals surface area contributed by atoms with E-state index in [9.17, 15) is 9.59 Å². The average molecular weight is 349 g/mol. The zero-order chi connectivity index (χ0) is 17.0. The first kappa shape index (κ1) is 17.3. The van der Waals surface area contributed by atoms with Crippen LogP contribution in [0.3, 0.4) is 0 Å². The van der Waals surface area contributed by atoms with Gasteiger partial charge in [0.05, 0.1) is 0 Å². The Bertz CT molecular complexity index is 605. The van der Waals surface area contributed by atoms with Gasteiger partial charge in [0.2, 0.25) is 11.8 Å². The fraction of sp³-hybridized carbons (Fsp3) is 0.579. The van der Waals surface area contributed by atoms with Gasteiger partial charge in [0.25, 0.3) is 0 Å². The van der Waals surface area contributed by atoms with Gasteiger partial charge in [0, 0.05) is 17.6 Å². The first-order valence-corrected chi connectivity index (χ1v) is 9.32. The minimum atomic E-state index is -0.854. The van der Waals surface area contributed by atoms with E-state index < -0.39 is 5.41 Å². The van der Waals surface area contributed by atoms with Crippen LogP contribution in [-0.4, -0.2) is 17.9 Å². The second-order valence-electron chi connectivity index (χ2n) is 7.02. The largest absolute Gasteiger partial charge is 0.352 e. The number of rotatable bonds is 5. The van der Waals surface area contributed by atoms with Crippen LogP contribution in [0, 0.1) is 5.41 Å². The molecule has 2 N–H and O–H groups in total. The predicted octanol–water partition coefficient (Wildman–Crippen LogP) is 3.58. The molecule has 3 rings (SSSR count). The highest BCUT2D eigenvalue weighted by molar-refractivity contribution is 6.31. The van der Waals surface area contributed by atoms with Crippen LogP contribution >= 0.6 is 11.6 Å². The average Bonchev–Trinajstić information content (AvgIpc) is 3.39. The Hall–Kier alpha value is -1.55. The highest BCUT2D eigenvalue weighted by Gasteiger charge is 2.56. The number of benzene rings is 1. The van der Waals surface area contributed by atoms with Gasteiger partial charge in [-0.25, -0.2) is 0 Å². The zero-order valence-corrected chi connectivity index (χ0v) is 14.7. The van der Waals surface area contributed by atoms with Crippen molar-refractivity contribution in [3.05, 3.63) is 34.9 Å². The molecule has 2 aliphatic carbocycles. The third kappa shape index (κ3) is 3.92. The van der Waals surface area contributed by atoms with Crippen molar-refractivity contribution in [1.82, 2.24) is 10.6 Å². The highest BCUT2D eigenvalue weighted by Crippen LogP contribution is 2.46. The quantitative estimate of drug-likeness (QED) is 0.631. The first-order valence-electron chi connectivity index (χ1n) is 8.94. The van der Waals surface area contributed by atoms with Gasteiger partial charge >= 0.3 is 0 Å². The smallest absolute Gasteiger partial charge is 0.235 e. The van der Waals surface area contributed by atoms with E-state index in [2.05, 4.69) is 10.6 Å². The van der Waals surface area contributed by atoms with Gasteiger partial charge in [0.15, 0.2) is 0 Å². The summed E-state index contributed by atoms with van der Waals surface area (Å²) >= 11 is 6.11. The van der Waals surface area contributed by atoms with Gasteiger partial charge in [-0.15, -0.1) is 0 Å². The van der Waals surface area contributed by atoms with Crippen molar-refractivity contribution >= 4 is 23.4 Å². The molecule has 24 heavy (non-hydrogen) atoms. The van der Waals surface area contributed by atoms with Crippen molar-refractivity contribution in [1.29, 1.82) is 0 Å². The molecule has 0 unspecified atom stereocenters. The van der Waals surface area contributed by atoms with Crippen LogP contribution in [0.5, 0.6) is 0 Å². The third-order valence-electron chi connectivity index (χ3n) is 5.21. The van der Waals surface area contributed by atoms with Gasteiger partial charge in [-0.1, -0.05) is 55.5 Å². The molecule has 2 amide bonds. The Morgan fingerprint density at radius 2 is 1.71 bits per heavy atom. The van der Waals surface area contributed by atoms with Crippen molar-refractivity contribution in [2.24, 2.45) is 5.41 Å². The van der Waals surface area contributed by atoms with E-state index in [1.165, 1.54) is 12.8 Å². The maximum absolute atomic E-state index is 12.6. The Morgan fingerprint density at radius 1 is 1.04 bits per heavy atom. The number of hydrogen-bond acceptors (Lipinski definition) is 2. The molecule has 2 saturated carbocycles. The summed E-state index contributed by atoms with van der Waals surface area (Å²) < 4.78 is 0. The fourth-order valence-corrected chi connectivity index (χ4v) is 3.62. The van der Waals surface area contributed by atoms with Crippen molar-refractivity contribution in [2.45, 2.75) is 64.0 Å². The Morgan fingerprint density at radius 3 is 2.33 bits per heavy atom. The molecule has 0 heterocycles. The Labute approximate surface area is 148 Å². The standard InChI is InChI=1S/C19H25ClN2O2/c20-16-10-6-5-7-14(16)13-21-17(23)19(11-12-19)18(24)22-15-8-3-1-2-4-9-15/h5-7,10,15H,1-4,8-9,11-13H2,(H,21,23)(H,22,24). The number of amides is 2. The molecule has 0 radical (unpaired) electrons. The van der Waals surface area contributed by atoms with E-state index in [1.807, 2.05) is 18.2 Å². The zero-order valence-electron chi connectivity index (χ0n) is 13.9. The van der Waals surface area contributed by atoms with E-state index in [0.717, 1.165) is 31.2 Å². The second-order valence-corrected chi connectivity index (χ2v) is 7.43. The van der Waals surface area contributed by atoms with Crippen LogP contribution in [0.15, 0.2) is 24.3 Å². The van der Waals surface area contributed by atoms with Gasteiger partial charge in [-0.3, -0.25) is 9.59 Å². The van der Waals surface area contributed by atoms with Gasteiger partial charge in [0.1, 0.15) is 5.41 Å². The third-order valence-corrected chi connectivity index (χ3v) is 5.58. The number of nitrogens with one attached hydrogen (secondary N) is 2. The summed E-state index contributed by atoms with van der Waals surface area (Å²) in [5, 5.41) is 6.65.